The van der Waals surface area contributed by atoms with Crippen molar-refractivity contribution >= 4 is 0 Å². The van der Waals surface area contributed by atoms with Gasteiger partial charge >= 0.3 is 12.4 Å². The van der Waals surface area contributed by atoms with E-state index in [9.17, 15) is 26.3 Å². The zero-order valence-electron chi connectivity index (χ0n) is 7.32. The minimum atomic E-state index is -5.48. The fourth-order valence-corrected chi connectivity index (χ4v) is 0.727. The highest BCUT2D eigenvalue weighted by Crippen LogP contribution is 2.35. The van der Waals surface area contributed by atoms with Crippen LogP contribution in [0, 0.1) is 11.3 Å². The molecule has 2 nitrogen and oxygen atoms in total. The van der Waals surface area contributed by atoms with Gasteiger partial charge in [0.25, 0.3) is 0 Å². The highest BCUT2D eigenvalue weighted by Gasteiger charge is 2.57. The topological polar surface area (TPSA) is 33.0 Å². The molecule has 0 aliphatic heterocycles. The van der Waals surface area contributed by atoms with Crippen molar-refractivity contribution in [2.75, 3.05) is 6.61 Å². The maximum atomic E-state index is 11.8. The Bertz CT molecular complexity index is 213. The first kappa shape index (κ1) is 14.0. The summed E-state index contributed by atoms with van der Waals surface area (Å²) >= 11 is 0. The van der Waals surface area contributed by atoms with Crippen LogP contribution >= 0.6 is 0 Å². The van der Waals surface area contributed by atoms with Crippen molar-refractivity contribution in [3.63, 3.8) is 0 Å². The molecule has 0 aliphatic carbocycles. The summed E-state index contributed by atoms with van der Waals surface area (Å²) in [5, 5.41) is 8.00. The molecule has 0 aromatic rings. The summed E-state index contributed by atoms with van der Waals surface area (Å²) in [7, 11) is 0. The third-order valence-corrected chi connectivity index (χ3v) is 1.31. The first-order chi connectivity index (χ1) is 6.69. The molecule has 15 heavy (non-hydrogen) atoms. The van der Waals surface area contributed by atoms with E-state index in [1.807, 2.05) is 0 Å². The molecule has 0 spiro atoms. The summed E-state index contributed by atoms with van der Waals surface area (Å²) in [6, 6.07) is 1.58. The van der Waals surface area contributed by atoms with E-state index in [0.717, 1.165) is 0 Å². The molecule has 0 N–H and O–H groups in total. The van der Waals surface area contributed by atoms with Crippen molar-refractivity contribution in [2.24, 2.45) is 0 Å². The summed E-state index contributed by atoms with van der Waals surface area (Å²) in [6.45, 7) is -0.753. The van der Waals surface area contributed by atoms with Crippen LogP contribution in [0.1, 0.15) is 12.8 Å². The van der Waals surface area contributed by atoms with E-state index in [1.54, 1.807) is 6.07 Å². The van der Waals surface area contributed by atoms with Crippen LogP contribution < -0.4 is 0 Å². The summed E-state index contributed by atoms with van der Waals surface area (Å²) in [6.07, 6.45) is -15.1. The number of hydrogen-bond acceptors (Lipinski definition) is 2. The van der Waals surface area contributed by atoms with Crippen LogP contribution in [0.15, 0.2) is 0 Å². The molecule has 0 heterocycles. The second-order valence-electron chi connectivity index (χ2n) is 2.60. The van der Waals surface area contributed by atoms with Crippen LogP contribution in [-0.4, -0.2) is 25.1 Å². The van der Waals surface area contributed by atoms with Crippen LogP contribution in [0.2, 0.25) is 0 Å². The van der Waals surface area contributed by atoms with E-state index in [-0.39, 0.29) is 12.8 Å². The first-order valence-electron chi connectivity index (χ1n) is 3.81. The van der Waals surface area contributed by atoms with E-state index in [4.69, 9.17) is 5.26 Å². The van der Waals surface area contributed by atoms with Gasteiger partial charge in [-0.3, -0.25) is 0 Å². The molecule has 0 saturated heterocycles. The molecule has 0 saturated carbocycles. The lowest BCUT2D eigenvalue weighted by molar-refractivity contribution is -0.321. The summed E-state index contributed by atoms with van der Waals surface area (Å²) in [4.78, 5) is 0. The lowest BCUT2D eigenvalue weighted by Crippen LogP contribution is -2.44. The average molecular weight is 235 g/mol. The van der Waals surface area contributed by atoms with Gasteiger partial charge in [0.1, 0.15) is 0 Å². The van der Waals surface area contributed by atoms with Gasteiger partial charge in [0, 0.05) is 13.0 Å². The van der Waals surface area contributed by atoms with Crippen LogP contribution in [0.5, 0.6) is 0 Å². The molecule has 88 valence electrons. The van der Waals surface area contributed by atoms with E-state index >= 15 is 0 Å². The van der Waals surface area contributed by atoms with Crippen molar-refractivity contribution in [3.05, 3.63) is 0 Å². The van der Waals surface area contributed by atoms with Crippen molar-refractivity contribution in [1.29, 1.82) is 5.26 Å². The van der Waals surface area contributed by atoms with Gasteiger partial charge < -0.3 is 4.74 Å². The van der Waals surface area contributed by atoms with Crippen LogP contribution in [0.3, 0.4) is 0 Å². The predicted octanol–water partition coefficient (Wildman–Crippen LogP) is 2.80. The molecule has 0 aromatic carbocycles. The number of ether oxygens (including phenoxy) is 1. The molecule has 0 amide bonds. The Labute approximate surface area is 81.4 Å². The smallest absolute Gasteiger partial charge is 0.361 e. The lowest BCUT2D eigenvalue weighted by atomic mass is 10.3. The molecule has 0 bridgehead atoms. The minimum absolute atomic E-state index is 0.150. The second-order valence-corrected chi connectivity index (χ2v) is 2.60. The van der Waals surface area contributed by atoms with E-state index in [0.29, 0.717) is 0 Å². The maximum Gasteiger partial charge on any atom is 0.423 e. The molecule has 0 atom stereocenters. The number of nitrogens with zero attached hydrogens (tertiary/aromatic N) is 1. The molecule has 0 unspecified atom stereocenters. The monoisotopic (exact) mass is 235 g/mol. The number of nitriles is 1. The van der Waals surface area contributed by atoms with Crippen LogP contribution in [0.4, 0.5) is 26.3 Å². The maximum absolute atomic E-state index is 11.8. The number of hydrogen-bond donors (Lipinski definition) is 0. The fraction of sp³-hybridized carbons (Fsp3) is 0.857. The minimum Gasteiger partial charge on any atom is -0.361 e. The lowest BCUT2D eigenvalue weighted by Gasteiger charge is -2.22. The van der Waals surface area contributed by atoms with Crippen LogP contribution in [0.25, 0.3) is 0 Å². The summed E-state index contributed by atoms with van der Waals surface area (Å²) in [5.74, 6) is 0. The quantitative estimate of drug-likeness (QED) is 0.554. The predicted molar refractivity (Wildman–Crippen MR) is 36.7 cm³/mol. The number of alkyl halides is 6. The SMILES string of the molecule is N#CCCCOC(C(F)(F)F)C(F)(F)F. The van der Waals surface area contributed by atoms with Gasteiger partial charge in [0.15, 0.2) is 0 Å². The fourth-order valence-electron chi connectivity index (χ4n) is 0.727. The van der Waals surface area contributed by atoms with Crippen molar-refractivity contribution in [2.45, 2.75) is 31.3 Å². The van der Waals surface area contributed by atoms with Gasteiger partial charge in [0.2, 0.25) is 6.10 Å². The van der Waals surface area contributed by atoms with Gasteiger partial charge in [-0.05, 0) is 6.42 Å². The molecule has 0 rings (SSSR count). The normalized spacial score (nSPS) is 12.9. The standard InChI is InChI=1S/C7H7F6NO/c8-6(9,10)5(7(11,12)13)15-4-2-1-3-14/h5H,1-2,4H2. The van der Waals surface area contributed by atoms with E-state index in [1.165, 1.54) is 0 Å². The zero-order chi connectivity index (χ0) is 12.1. The summed E-state index contributed by atoms with van der Waals surface area (Å²) in [5.41, 5.74) is 0. The van der Waals surface area contributed by atoms with Gasteiger partial charge in [-0.15, -0.1) is 0 Å². The van der Waals surface area contributed by atoms with Gasteiger partial charge in [0.05, 0.1) is 6.07 Å². The van der Waals surface area contributed by atoms with Crippen LogP contribution in [-0.2, 0) is 4.74 Å². The zero-order valence-corrected chi connectivity index (χ0v) is 7.32. The highest BCUT2D eigenvalue weighted by molar-refractivity contribution is 4.76. The third-order valence-electron chi connectivity index (χ3n) is 1.31. The molecular weight excluding hydrogens is 228 g/mol. The van der Waals surface area contributed by atoms with Crippen molar-refractivity contribution < 1.29 is 31.1 Å². The Kier molecular flexibility index (Phi) is 4.87. The average Bonchev–Trinajstić information content (AvgIpc) is 1.99. The molecule has 0 radical (unpaired) electrons. The summed E-state index contributed by atoms with van der Waals surface area (Å²) < 4.78 is 74.6. The number of unbranched alkanes of at least 4 members (excludes halogenated alkanes) is 1. The van der Waals surface area contributed by atoms with Crippen molar-refractivity contribution in [3.8, 4) is 6.07 Å². The Morgan fingerprint density at radius 2 is 1.53 bits per heavy atom. The van der Waals surface area contributed by atoms with Gasteiger partial charge in [-0.2, -0.15) is 31.6 Å². The highest BCUT2D eigenvalue weighted by atomic mass is 19.4. The Hall–Kier alpha value is -0.970. The Morgan fingerprint density at radius 1 is 1.07 bits per heavy atom. The van der Waals surface area contributed by atoms with Gasteiger partial charge in [-0.25, -0.2) is 0 Å². The molecule has 0 aromatic heterocycles. The van der Waals surface area contributed by atoms with Crippen molar-refractivity contribution in [1.82, 2.24) is 0 Å². The number of rotatable bonds is 4. The largest absolute Gasteiger partial charge is 0.423 e. The molecule has 8 heteroatoms. The van der Waals surface area contributed by atoms with E-state index in [2.05, 4.69) is 4.74 Å². The first-order valence-corrected chi connectivity index (χ1v) is 3.81. The molecular formula is C7H7F6NO. The number of halogens is 6. The van der Waals surface area contributed by atoms with Gasteiger partial charge in [-0.1, -0.05) is 0 Å². The third kappa shape index (κ3) is 5.47. The second kappa shape index (κ2) is 5.21. The van der Waals surface area contributed by atoms with E-state index < -0.39 is 25.1 Å². The Morgan fingerprint density at radius 3 is 1.87 bits per heavy atom. The Balaban J connectivity index is 4.24. The molecule has 0 fully saturated rings. The molecule has 0 aliphatic rings.